The summed E-state index contributed by atoms with van der Waals surface area (Å²) in [6, 6.07) is 0.310. The Hall–Kier alpha value is -1.07. The van der Waals surface area contributed by atoms with E-state index in [0.29, 0.717) is 17.7 Å². The number of halogens is 1. The van der Waals surface area contributed by atoms with E-state index in [4.69, 9.17) is 0 Å². The molecule has 6 heteroatoms. The minimum Gasteiger partial charge on any atom is -0.334 e. The first kappa shape index (κ1) is 15.3. The van der Waals surface area contributed by atoms with Gasteiger partial charge in [-0.25, -0.2) is 0 Å². The lowest BCUT2D eigenvalue weighted by Crippen LogP contribution is -2.46. The van der Waals surface area contributed by atoms with E-state index in [-0.39, 0.29) is 18.3 Å². The van der Waals surface area contributed by atoms with Crippen LogP contribution in [0.2, 0.25) is 0 Å². The molecule has 0 spiro atoms. The molecule has 0 saturated carbocycles. The highest BCUT2D eigenvalue weighted by Crippen LogP contribution is 2.26. The second-order valence-corrected chi connectivity index (χ2v) is 5.81. The Kier molecular flexibility index (Phi) is 4.70. The van der Waals surface area contributed by atoms with Gasteiger partial charge in [-0.1, -0.05) is 6.92 Å². The zero-order chi connectivity index (χ0) is 13.4. The number of nitrogens with zero attached hydrogens (tertiary/aromatic N) is 2. The van der Waals surface area contributed by atoms with Crippen LogP contribution in [0.25, 0.3) is 0 Å². The first-order chi connectivity index (χ1) is 9.18. The van der Waals surface area contributed by atoms with Crippen molar-refractivity contribution < 1.29 is 4.79 Å². The maximum atomic E-state index is 12.7. The molecule has 1 aromatic heterocycles. The van der Waals surface area contributed by atoms with Crippen LogP contribution < -0.4 is 5.32 Å². The highest BCUT2D eigenvalue weighted by molar-refractivity contribution is 5.94. The second-order valence-electron chi connectivity index (χ2n) is 5.81. The van der Waals surface area contributed by atoms with Gasteiger partial charge in [0.1, 0.15) is 0 Å². The van der Waals surface area contributed by atoms with Gasteiger partial charge in [0.05, 0.1) is 0 Å². The number of hydrogen-bond donors (Lipinski definition) is 2. The topological polar surface area (TPSA) is 61.0 Å². The zero-order valence-corrected chi connectivity index (χ0v) is 12.9. The first-order valence-corrected chi connectivity index (χ1v) is 7.26. The molecule has 3 heterocycles. The van der Waals surface area contributed by atoms with Gasteiger partial charge in [-0.15, -0.1) is 12.4 Å². The van der Waals surface area contributed by atoms with Crippen LogP contribution in [0.15, 0.2) is 0 Å². The van der Waals surface area contributed by atoms with E-state index in [2.05, 4.69) is 29.4 Å². The summed E-state index contributed by atoms with van der Waals surface area (Å²) in [5, 5.41) is 10.6. The van der Waals surface area contributed by atoms with Gasteiger partial charge in [0.25, 0.3) is 5.91 Å². The lowest BCUT2D eigenvalue weighted by atomic mass is 9.91. The average molecular weight is 299 g/mol. The number of likely N-dealkylation sites (tertiary alicyclic amines) is 1. The number of aromatic amines is 1. The number of fused-ring (bicyclic) bond motifs is 1. The van der Waals surface area contributed by atoms with Crippen LogP contribution in [0.5, 0.6) is 0 Å². The quantitative estimate of drug-likeness (QED) is 0.830. The summed E-state index contributed by atoms with van der Waals surface area (Å²) in [5.41, 5.74) is 2.82. The summed E-state index contributed by atoms with van der Waals surface area (Å²) in [5.74, 6) is 0.672. The molecule has 0 aliphatic carbocycles. The van der Waals surface area contributed by atoms with Gasteiger partial charge in [0.15, 0.2) is 5.69 Å². The third kappa shape index (κ3) is 2.56. The van der Waals surface area contributed by atoms with Crippen molar-refractivity contribution in [3.8, 4) is 0 Å². The second kappa shape index (κ2) is 6.14. The Morgan fingerprint density at radius 2 is 2.20 bits per heavy atom. The van der Waals surface area contributed by atoms with E-state index in [1.807, 2.05) is 4.90 Å². The molecule has 2 aliphatic heterocycles. The molecular weight excluding hydrogens is 276 g/mol. The van der Waals surface area contributed by atoms with E-state index in [1.54, 1.807) is 0 Å². The number of aromatic nitrogens is 2. The van der Waals surface area contributed by atoms with Crippen LogP contribution >= 0.6 is 12.4 Å². The summed E-state index contributed by atoms with van der Waals surface area (Å²) in [6.45, 7) is 6.95. The molecule has 0 radical (unpaired) electrons. The van der Waals surface area contributed by atoms with E-state index < -0.39 is 0 Å². The molecule has 3 rings (SSSR count). The number of carbonyl (C=O) groups is 1. The number of amides is 1. The fourth-order valence-corrected chi connectivity index (χ4v) is 3.16. The van der Waals surface area contributed by atoms with Crippen molar-refractivity contribution in [2.45, 2.75) is 45.7 Å². The normalized spacial score (nSPS) is 25.8. The summed E-state index contributed by atoms with van der Waals surface area (Å²) >= 11 is 0. The number of hydrogen-bond acceptors (Lipinski definition) is 3. The molecule has 1 saturated heterocycles. The molecule has 5 nitrogen and oxygen atoms in total. The van der Waals surface area contributed by atoms with Crippen molar-refractivity contribution in [1.29, 1.82) is 0 Å². The van der Waals surface area contributed by atoms with Crippen molar-refractivity contribution in [3.05, 3.63) is 17.0 Å². The molecule has 2 unspecified atom stereocenters. The van der Waals surface area contributed by atoms with Gasteiger partial charge in [0, 0.05) is 43.4 Å². The Labute approximate surface area is 125 Å². The number of nitrogens with one attached hydrogen (secondary N) is 2. The molecule has 1 amide bonds. The van der Waals surface area contributed by atoms with Crippen molar-refractivity contribution in [3.63, 3.8) is 0 Å². The number of rotatable bonds is 1. The largest absolute Gasteiger partial charge is 0.334 e. The van der Waals surface area contributed by atoms with Crippen molar-refractivity contribution >= 4 is 18.3 Å². The fourth-order valence-electron chi connectivity index (χ4n) is 3.16. The van der Waals surface area contributed by atoms with Gasteiger partial charge in [-0.2, -0.15) is 5.10 Å². The minimum absolute atomic E-state index is 0. The SMILES string of the molecule is CC1CCCN(C(=O)c2n[nH]c3c2CNCC3)C1C.Cl. The Balaban J connectivity index is 0.00000147. The van der Waals surface area contributed by atoms with Crippen molar-refractivity contribution in [2.24, 2.45) is 5.92 Å². The van der Waals surface area contributed by atoms with Crippen LogP contribution in [0.4, 0.5) is 0 Å². The number of H-pyrrole nitrogens is 1. The molecule has 0 aromatic carbocycles. The van der Waals surface area contributed by atoms with Crippen molar-refractivity contribution in [1.82, 2.24) is 20.4 Å². The summed E-state index contributed by atoms with van der Waals surface area (Å²) in [6.07, 6.45) is 3.24. The molecule has 2 aliphatic rings. The molecule has 0 bridgehead atoms. The van der Waals surface area contributed by atoms with Crippen LogP contribution in [0.1, 0.15) is 48.4 Å². The van der Waals surface area contributed by atoms with Gasteiger partial charge in [0.2, 0.25) is 0 Å². The third-order valence-electron chi connectivity index (χ3n) is 4.64. The van der Waals surface area contributed by atoms with Gasteiger partial charge < -0.3 is 10.2 Å². The van der Waals surface area contributed by atoms with Gasteiger partial charge in [-0.3, -0.25) is 9.89 Å². The predicted molar refractivity (Wildman–Crippen MR) is 80.1 cm³/mol. The number of piperidine rings is 1. The molecule has 2 atom stereocenters. The van der Waals surface area contributed by atoms with Crippen LogP contribution in [0.3, 0.4) is 0 Å². The highest BCUT2D eigenvalue weighted by Gasteiger charge is 2.32. The monoisotopic (exact) mass is 298 g/mol. The molecule has 20 heavy (non-hydrogen) atoms. The van der Waals surface area contributed by atoms with Crippen LogP contribution in [-0.2, 0) is 13.0 Å². The summed E-state index contributed by atoms with van der Waals surface area (Å²) in [7, 11) is 0. The van der Waals surface area contributed by atoms with E-state index in [9.17, 15) is 4.79 Å². The molecule has 112 valence electrons. The lowest BCUT2D eigenvalue weighted by Gasteiger charge is -2.37. The highest BCUT2D eigenvalue weighted by atomic mass is 35.5. The maximum absolute atomic E-state index is 12.7. The van der Waals surface area contributed by atoms with Gasteiger partial charge >= 0.3 is 0 Å². The van der Waals surface area contributed by atoms with Crippen LogP contribution in [-0.4, -0.2) is 40.1 Å². The fraction of sp³-hybridized carbons (Fsp3) is 0.714. The Morgan fingerprint density at radius 1 is 1.40 bits per heavy atom. The maximum Gasteiger partial charge on any atom is 0.274 e. The van der Waals surface area contributed by atoms with Gasteiger partial charge in [-0.05, 0) is 25.7 Å². The third-order valence-corrected chi connectivity index (χ3v) is 4.64. The Bertz CT molecular complexity index is 488. The summed E-state index contributed by atoms with van der Waals surface area (Å²) in [4.78, 5) is 14.7. The molecular formula is C14H23ClN4O. The van der Waals surface area contributed by atoms with Crippen molar-refractivity contribution in [2.75, 3.05) is 13.1 Å². The van der Waals surface area contributed by atoms with E-state index in [1.165, 1.54) is 6.42 Å². The average Bonchev–Trinajstić information content (AvgIpc) is 2.85. The molecule has 1 fully saturated rings. The smallest absolute Gasteiger partial charge is 0.274 e. The Morgan fingerprint density at radius 3 is 3.00 bits per heavy atom. The van der Waals surface area contributed by atoms with Crippen LogP contribution in [0, 0.1) is 5.92 Å². The van der Waals surface area contributed by atoms with E-state index >= 15 is 0 Å². The molecule has 2 N–H and O–H groups in total. The first-order valence-electron chi connectivity index (χ1n) is 7.26. The standard InChI is InChI=1S/C14H22N4O.ClH/c1-9-4-3-7-18(10(9)2)14(19)13-11-8-15-6-5-12(11)16-17-13;/h9-10,15H,3-8H2,1-2H3,(H,16,17);1H. The zero-order valence-electron chi connectivity index (χ0n) is 12.1. The summed E-state index contributed by atoms with van der Waals surface area (Å²) < 4.78 is 0. The lowest BCUT2D eigenvalue weighted by molar-refractivity contribution is 0.0543. The molecule has 1 aromatic rings. The predicted octanol–water partition coefficient (Wildman–Crippen LogP) is 1.74. The number of carbonyl (C=O) groups excluding carboxylic acids is 1. The van der Waals surface area contributed by atoms with E-state index in [0.717, 1.165) is 43.7 Å². The minimum atomic E-state index is 0.